The standard InChI is InChI=1S/C14H23N3O/c1-13(2,3)12-15-7-6-11(16-12)17-8-9-18-14(4,5)10-17/h6-7H,8-10H2,1-5H3. The molecule has 0 radical (unpaired) electrons. The molecule has 18 heavy (non-hydrogen) atoms. The molecule has 0 N–H and O–H groups in total. The number of nitrogens with zero attached hydrogens (tertiary/aromatic N) is 3. The van der Waals surface area contributed by atoms with Crippen molar-refractivity contribution in [2.75, 3.05) is 24.6 Å². The zero-order chi connectivity index (χ0) is 13.4. The summed E-state index contributed by atoms with van der Waals surface area (Å²) in [6.45, 7) is 13.1. The van der Waals surface area contributed by atoms with Gasteiger partial charge in [-0.1, -0.05) is 20.8 Å². The maximum absolute atomic E-state index is 5.73. The number of hydrogen-bond donors (Lipinski definition) is 0. The lowest BCUT2D eigenvalue weighted by atomic mass is 9.96. The van der Waals surface area contributed by atoms with Gasteiger partial charge >= 0.3 is 0 Å². The van der Waals surface area contributed by atoms with Gasteiger partial charge in [0.25, 0.3) is 0 Å². The average Bonchev–Trinajstić information content (AvgIpc) is 2.27. The smallest absolute Gasteiger partial charge is 0.135 e. The molecular weight excluding hydrogens is 226 g/mol. The van der Waals surface area contributed by atoms with Crippen LogP contribution in [0, 0.1) is 0 Å². The van der Waals surface area contributed by atoms with Crippen LogP contribution < -0.4 is 4.90 Å². The van der Waals surface area contributed by atoms with Gasteiger partial charge in [0.05, 0.1) is 12.2 Å². The van der Waals surface area contributed by atoms with Crippen molar-refractivity contribution in [1.82, 2.24) is 9.97 Å². The van der Waals surface area contributed by atoms with E-state index in [2.05, 4.69) is 44.5 Å². The van der Waals surface area contributed by atoms with E-state index in [-0.39, 0.29) is 11.0 Å². The predicted molar refractivity (Wildman–Crippen MR) is 73.0 cm³/mol. The maximum atomic E-state index is 5.73. The minimum Gasteiger partial charge on any atom is -0.372 e. The van der Waals surface area contributed by atoms with Crippen LogP contribution >= 0.6 is 0 Å². The van der Waals surface area contributed by atoms with Crippen LogP contribution in [0.2, 0.25) is 0 Å². The van der Waals surface area contributed by atoms with Crippen molar-refractivity contribution in [1.29, 1.82) is 0 Å². The molecule has 100 valence electrons. The van der Waals surface area contributed by atoms with Crippen LogP contribution in [0.3, 0.4) is 0 Å². The Morgan fingerprint density at radius 1 is 1.33 bits per heavy atom. The third kappa shape index (κ3) is 2.99. The van der Waals surface area contributed by atoms with E-state index in [9.17, 15) is 0 Å². The Labute approximate surface area is 109 Å². The molecule has 0 aliphatic carbocycles. The minimum absolute atomic E-state index is 0.0161. The molecule has 1 aromatic heterocycles. The molecule has 4 nitrogen and oxygen atoms in total. The van der Waals surface area contributed by atoms with Crippen molar-refractivity contribution in [2.45, 2.75) is 45.6 Å². The van der Waals surface area contributed by atoms with Crippen LogP contribution in [-0.4, -0.2) is 35.3 Å². The molecule has 0 atom stereocenters. The van der Waals surface area contributed by atoms with Crippen molar-refractivity contribution in [3.63, 3.8) is 0 Å². The van der Waals surface area contributed by atoms with Crippen LogP contribution in [0.15, 0.2) is 12.3 Å². The molecule has 2 heterocycles. The van der Waals surface area contributed by atoms with Crippen molar-refractivity contribution in [3.8, 4) is 0 Å². The average molecular weight is 249 g/mol. The molecular formula is C14H23N3O. The van der Waals surface area contributed by atoms with Crippen LogP contribution in [0.5, 0.6) is 0 Å². The number of anilines is 1. The molecule has 4 heteroatoms. The molecule has 0 spiro atoms. The second-order valence-corrected chi connectivity index (χ2v) is 6.52. The monoisotopic (exact) mass is 249 g/mol. The van der Waals surface area contributed by atoms with Gasteiger partial charge in [0.2, 0.25) is 0 Å². The Hall–Kier alpha value is -1.16. The molecule has 0 unspecified atom stereocenters. The summed E-state index contributed by atoms with van der Waals surface area (Å²) in [4.78, 5) is 11.3. The molecule has 1 aromatic rings. The van der Waals surface area contributed by atoms with Crippen LogP contribution in [0.25, 0.3) is 0 Å². The lowest BCUT2D eigenvalue weighted by Crippen LogP contribution is -2.48. The van der Waals surface area contributed by atoms with Crippen LogP contribution in [0.4, 0.5) is 5.82 Å². The highest BCUT2D eigenvalue weighted by Crippen LogP contribution is 2.24. The topological polar surface area (TPSA) is 38.2 Å². The summed E-state index contributed by atoms with van der Waals surface area (Å²) in [5.74, 6) is 1.90. The fraction of sp³-hybridized carbons (Fsp3) is 0.714. The van der Waals surface area contributed by atoms with E-state index in [0.29, 0.717) is 0 Å². The fourth-order valence-electron chi connectivity index (χ4n) is 2.10. The Balaban J connectivity index is 2.23. The van der Waals surface area contributed by atoms with E-state index in [1.807, 2.05) is 12.3 Å². The Kier molecular flexibility index (Phi) is 3.32. The SMILES string of the molecule is CC1(C)CN(c2ccnc(C(C)(C)C)n2)CCO1. The molecule has 1 fully saturated rings. The number of hydrogen-bond acceptors (Lipinski definition) is 4. The summed E-state index contributed by atoms with van der Waals surface area (Å²) in [6, 6.07) is 1.98. The zero-order valence-electron chi connectivity index (χ0n) is 12.0. The summed E-state index contributed by atoms with van der Waals surface area (Å²) >= 11 is 0. The first-order chi connectivity index (χ1) is 8.28. The van der Waals surface area contributed by atoms with Crippen molar-refractivity contribution in [3.05, 3.63) is 18.1 Å². The molecule has 0 amide bonds. The maximum Gasteiger partial charge on any atom is 0.135 e. The Morgan fingerprint density at radius 2 is 2.06 bits per heavy atom. The summed E-state index contributed by atoms with van der Waals surface area (Å²) in [7, 11) is 0. The van der Waals surface area contributed by atoms with E-state index in [1.165, 1.54) is 0 Å². The first-order valence-corrected chi connectivity index (χ1v) is 6.50. The minimum atomic E-state index is -0.106. The van der Waals surface area contributed by atoms with Crippen molar-refractivity contribution in [2.24, 2.45) is 0 Å². The largest absolute Gasteiger partial charge is 0.372 e. The van der Waals surface area contributed by atoms with Gasteiger partial charge in [0.15, 0.2) is 0 Å². The molecule has 0 aromatic carbocycles. The van der Waals surface area contributed by atoms with E-state index >= 15 is 0 Å². The van der Waals surface area contributed by atoms with Gasteiger partial charge in [-0.15, -0.1) is 0 Å². The second kappa shape index (κ2) is 4.50. The lowest BCUT2D eigenvalue weighted by molar-refractivity contribution is -0.0279. The number of ether oxygens (including phenoxy) is 1. The highest BCUT2D eigenvalue weighted by Gasteiger charge is 2.28. The highest BCUT2D eigenvalue weighted by atomic mass is 16.5. The summed E-state index contributed by atoms with van der Waals surface area (Å²) in [5.41, 5.74) is -0.122. The number of morpholine rings is 1. The van der Waals surface area contributed by atoms with Gasteiger partial charge in [-0.25, -0.2) is 9.97 Å². The normalized spacial score (nSPS) is 19.9. The number of rotatable bonds is 1. The van der Waals surface area contributed by atoms with Gasteiger partial charge in [-0.2, -0.15) is 0 Å². The molecule has 2 rings (SSSR count). The molecule has 1 aliphatic rings. The van der Waals surface area contributed by atoms with E-state index in [1.54, 1.807) is 0 Å². The van der Waals surface area contributed by atoms with E-state index < -0.39 is 0 Å². The quantitative estimate of drug-likeness (QED) is 0.766. The van der Waals surface area contributed by atoms with Gasteiger partial charge in [0.1, 0.15) is 11.6 Å². The molecule has 0 bridgehead atoms. The Morgan fingerprint density at radius 3 is 2.67 bits per heavy atom. The third-order valence-corrected chi connectivity index (χ3v) is 3.06. The van der Waals surface area contributed by atoms with Crippen molar-refractivity contribution >= 4 is 5.82 Å². The number of aromatic nitrogens is 2. The van der Waals surface area contributed by atoms with E-state index in [0.717, 1.165) is 31.3 Å². The third-order valence-electron chi connectivity index (χ3n) is 3.06. The van der Waals surface area contributed by atoms with Gasteiger partial charge in [0, 0.05) is 24.7 Å². The van der Waals surface area contributed by atoms with Crippen LogP contribution in [0.1, 0.15) is 40.4 Å². The molecule has 1 saturated heterocycles. The fourth-order valence-corrected chi connectivity index (χ4v) is 2.10. The van der Waals surface area contributed by atoms with Crippen molar-refractivity contribution < 1.29 is 4.74 Å². The predicted octanol–water partition coefficient (Wildman–Crippen LogP) is 2.39. The summed E-state index contributed by atoms with van der Waals surface area (Å²) in [5, 5.41) is 0. The first kappa shape index (κ1) is 13.3. The second-order valence-electron chi connectivity index (χ2n) is 6.52. The summed E-state index contributed by atoms with van der Waals surface area (Å²) < 4.78 is 5.73. The van der Waals surface area contributed by atoms with Crippen LogP contribution in [-0.2, 0) is 10.2 Å². The lowest BCUT2D eigenvalue weighted by Gasteiger charge is -2.39. The first-order valence-electron chi connectivity index (χ1n) is 6.50. The molecule has 0 saturated carbocycles. The Bertz CT molecular complexity index is 423. The molecule has 1 aliphatic heterocycles. The van der Waals surface area contributed by atoms with E-state index in [4.69, 9.17) is 9.72 Å². The van der Waals surface area contributed by atoms with Gasteiger partial charge in [-0.05, 0) is 19.9 Å². The van der Waals surface area contributed by atoms with Gasteiger partial charge in [-0.3, -0.25) is 0 Å². The zero-order valence-corrected chi connectivity index (χ0v) is 12.0. The van der Waals surface area contributed by atoms with Gasteiger partial charge < -0.3 is 9.64 Å². The summed E-state index contributed by atoms with van der Waals surface area (Å²) in [6.07, 6.45) is 1.85. The highest BCUT2D eigenvalue weighted by molar-refractivity contribution is 5.39.